The minimum atomic E-state index is 0.734. The number of hydrogen-bond donors (Lipinski definition) is 1. The van der Waals surface area contributed by atoms with E-state index in [4.69, 9.17) is 0 Å². The zero-order chi connectivity index (χ0) is 14.5. The molecule has 0 amide bonds. The molecule has 0 bridgehead atoms. The Morgan fingerprint density at radius 1 is 0.955 bits per heavy atom. The summed E-state index contributed by atoms with van der Waals surface area (Å²) in [6.45, 7) is 2.37. The fraction of sp³-hybridized carbons (Fsp3) is 0.700. The molecule has 3 fully saturated rings. The molecule has 2 heterocycles. The van der Waals surface area contributed by atoms with Crippen LogP contribution in [0, 0.1) is 0 Å². The minimum Gasteiger partial charge on any atom is -0.365 e. The molecule has 2 nitrogen and oxygen atoms in total. The molecule has 2 saturated carbocycles. The minimum absolute atomic E-state index is 0.734. The van der Waals surface area contributed by atoms with Crippen LogP contribution < -0.4 is 10.2 Å². The standard InChI is InChI=1S/C20H28N2/c1-2-5-14(6-3-1)15-9-10-19-17(13-15)16-7-4-8-18-20(16)22(19)12-11-21-18/h9-10,13-14,16,18,20-21H,1-8,11-12H2/t16-,18+,20-/m1/s1. The zero-order valence-corrected chi connectivity index (χ0v) is 13.6. The molecular formula is C20H28N2. The van der Waals surface area contributed by atoms with Crippen LogP contribution >= 0.6 is 0 Å². The van der Waals surface area contributed by atoms with Gasteiger partial charge in [-0.2, -0.15) is 0 Å². The molecule has 0 radical (unpaired) electrons. The molecule has 4 aliphatic rings. The van der Waals surface area contributed by atoms with Crippen molar-refractivity contribution in [3.63, 3.8) is 0 Å². The summed E-state index contributed by atoms with van der Waals surface area (Å²) in [5.41, 5.74) is 4.91. The molecule has 5 rings (SSSR count). The van der Waals surface area contributed by atoms with Gasteiger partial charge in [0.2, 0.25) is 0 Å². The third-order valence-electron chi connectivity index (χ3n) is 6.81. The average Bonchev–Trinajstić information content (AvgIpc) is 2.92. The second-order valence-electron chi connectivity index (χ2n) is 7.94. The number of anilines is 1. The molecule has 3 atom stereocenters. The van der Waals surface area contributed by atoms with Gasteiger partial charge in [0.1, 0.15) is 0 Å². The van der Waals surface area contributed by atoms with E-state index in [1.165, 1.54) is 57.9 Å². The fourth-order valence-corrected chi connectivity index (χ4v) is 5.80. The molecule has 2 aliphatic carbocycles. The van der Waals surface area contributed by atoms with Crippen molar-refractivity contribution in [2.75, 3.05) is 18.0 Å². The van der Waals surface area contributed by atoms with Gasteiger partial charge in [0.25, 0.3) is 0 Å². The number of benzene rings is 1. The number of hydrogen-bond acceptors (Lipinski definition) is 2. The lowest BCUT2D eigenvalue weighted by Crippen LogP contribution is -2.59. The maximum absolute atomic E-state index is 3.79. The van der Waals surface area contributed by atoms with E-state index in [1.807, 2.05) is 0 Å². The van der Waals surface area contributed by atoms with E-state index >= 15 is 0 Å². The Kier molecular flexibility index (Phi) is 3.21. The first-order valence-electron chi connectivity index (χ1n) is 9.56. The van der Waals surface area contributed by atoms with Crippen molar-refractivity contribution in [1.29, 1.82) is 0 Å². The van der Waals surface area contributed by atoms with Crippen molar-refractivity contribution in [1.82, 2.24) is 5.32 Å². The quantitative estimate of drug-likeness (QED) is 0.837. The van der Waals surface area contributed by atoms with Crippen molar-refractivity contribution >= 4 is 5.69 Å². The van der Waals surface area contributed by atoms with Crippen LogP contribution in [0.3, 0.4) is 0 Å². The number of nitrogens with one attached hydrogen (secondary N) is 1. The van der Waals surface area contributed by atoms with Crippen LogP contribution in [0.5, 0.6) is 0 Å². The van der Waals surface area contributed by atoms with Gasteiger partial charge < -0.3 is 10.2 Å². The summed E-state index contributed by atoms with van der Waals surface area (Å²) in [6, 6.07) is 9.04. The highest BCUT2D eigenvalue weighted by Crippen LogP contribution is 2.49. The van der Waals surface area contributed by atoms with Crippen LogP contribution in [0.1, 0.15) is 74.3 Å². The average molecular weight is 296 g/mol. The van der Waals surface area contributed by atoms with Crippen LogP contribution in [-0.4, -0.2) is 25.2 Å². The molecule has 2 heteroatoms. The molecular weight excluding hydrogens is 268 g/mol. The van der Waals surface area contributed by atoms with Crippen molar-refractivity contribution in [2.24, 2.45) is 0 Å². The number of rotatable bonds is 1. The first kappa shape index (κ1) is 13.4. The molecule has 1 aromatic carbocycles. The molecule has 0 spiro atoms. The zero-order valence-electron chi connectivity index (χ0n) is 13.6. The Hall–Kier alpha value is -1.02. The lowest BCUT2D eigenvalue weighted by molar-refractivity contribution is 0.270. The second kappa shape index (κ2) is 5.26. The molecule has 0 aromatic heterocycles. The van der Waals surface area contributed by atoms with Crippen molar-refractivity contribution in [2.45, 2.75) is 75.3 Å². The molecule has 1 N–H and O–H groups in total. The number of fused-ring (bicyclic) bond motifs is 3. The van der Waals surface area contributed by atoms with E-state index in [1.54, 1.807) is 16.8 Å². The summed E-state index contributed by atoms with van der Waals surface area (Å²) in [6.07, 6.45) is 11.3. The van der Waals surface area contributed by atoms with Crippen LogP contribution in [0.4, 0.5) is 5.69 Å². The Labute approximate surface area is 134 Å². The lowest BCUT2D eigenvalue weighted by atomic mass is 9.77. The van der Waals surface area contributed by atoms with Gasteiger partial charge >= 0.3 is 0 Å². The fourth-order valence-electron chi connectivity index (χ4n) is 5.80. The third kappa shape index (κ3) is 1.96. The van der Waals surface area contributed by atoms with Gasteiger partial charge in [0.15, 0.2) is 0 Å². The van der Waals surface area contributed by atoms with Crippen LogP contribution in [0.25, 0.3) is 0 Å². The molecule has 1 aromatic rings. The third-order valence-corrected chi connectivity index (χ3v) is 6.81. The largest absolute Gasteiger partial charge is 0.365 e. The normalized spacial score (nSPS) is 34.4. The van der Waals surface area contributed by atoms with Crippen LogP contribution in [0.2, 0.25) is 0 Å². The number of nitrogens with zero attached hydrogens (tertiary/aromatic N) is 1. The van der Waals surface area contributed by atoms with E-state index in [9.17, 15) is 0 Å². The Bertz CT molecular complexity index is 559. The van der Waals surface area contributed by atoms with Gasteiger partial charge in [-0.1, -0.05) is 37.8 Å². The Morgan fingerprint density at radius 3 is 2.77 bits per heavy atom. The SMILES string of the molecule is c1cc2c(cc1C1CCCCC1)[C@H]1CCC[C@@H]3NCCN2[C@@H]31. The van der Waals surface area contributed by atoms with Gasteiger partial charge in [0.05, 0.1) is 6.04 Å². The molecule has 1 saturated heterocycles. The second-order valence-corrected chi connectivity index (χ2v) is 7.94. The van der Waals surface area contributed by atoms with Gasteiger partial charge in [0, 0.05) is 30.7 Å². The summed E-state index contributed by atoms with van der Waals surface area (Å²) < 4.78 is 0. The Morgan fingerprint density at radius 2 is 1.86 bits per heavy atom. The van der Waals surface area contributed by atoms with E-state index in [-0.39, 0.29) is 0 Å². The summed E-state index contributed by atoms with van der Waals surface area (Å²) in [7, 11) is 0. The highest BCUT2D eigenvalue weighted by Gasteiger charge is 2.46. The van der Waals surface area contributed by atoms with Gasteiger partial charge in [-0.15, -0.1) is 0 Å². The smallest absolute Gasteiger partial charge is 0.0513 e. The summed E-state index contributed by atoms with van der Waals surface area (Å²) in [5, 5.41) is 3.79. The highest BCUT2D eigenvalue weighted by atomic mass is 15.3. The molecule has 2 aliphatic heterocycles. The van der Waals surface area contributed by atoms with Crippen molar-refractivity contribution < 1.29 is 0 Å². The maximum atomic E-state index is 3.79. The van der Waals surface area contributed by atoms with Gasteiger partial charge in [-0.3, -0.25) is 0 Å². The van der Waals surface area contributed by atoms with E-state index in [0.29, 0.717) is 0 Å². The summed E-state index contributed by atoms with van der Waals surface area (Å²) in [4.78, 5) is 2.74. The topological polar surface area (TPSA) is 15.3 Å². The summed E-state index contributed by atoms with van der Waals surface area (Å²) >= 11 is 0. The van der Waals surface area contributed by atoms with Gasteiger partial charge in [-0.05, 0) is 48.8 Å². The Balaban J connectivity index is 1.52. The van der Waals surface area contributed by atoms with Crippen LogP contribution in [-0.2, 0) is 0 Å². The molecule has 22 heavy (non-hydrogen) atoms. The first-order valence-corrected chi connectivity index (χ1v) is 9.56. The molecule has 0 unspecified atom stereocenters. The van der Waals surface area contributed by atoms with Crippen molar-refractivity contribution in [3.05, 3.63) is 29.3 Å². The van der Waals surface area contributed by atoms with E-state index in [2.05, 4.69) is 28.4 Å². The van der Waals surface area contributed by atoms with Gasteiger partial charge in [-0.25, -0.2) is 0 Å². The predicted molar refractivity (Wildman–Crippen MR) is 91.8 cm³/mol. The molecule has 118 valence electrons. The summed E-state index contributed by atoms with van der Waals surface area (Å²) in [5.74, 6) is 1.64. The predicted octanol–water partition coefficient (Wildman–Crippen LogP) is 4.16. The monoisotopic (exact) mass is 296 g/mol. The van der Waals surface area contributed by atoms with E-state index < -0.39 is 0 Å². The highest BCUT2D eigenvalue weighted by molar-refractivity contribution is 5.64. The lowest BCUT2D eigenvalue weighted by Gasteiger charge is -2.44. The number of piperazine rings is 1. The van der Waals surface area contributed by atoms with E-state index in [0.717, 1.165) is 30.5 Å². The first-order chi connectivity index (χ1) is 10.9. The van der Waals surface area contributed by atoms with Crippen LogP contribution in [0.15, 0.2) is 18.2 Å². The maximum Gasteiger partial charge on any atom is 0.0513 e. The van der Waals surface area contributed by atoms with Crippen molar-refractivity contribution in [3.8, 4) is 0 Å².